The van der Waals surface area contributed by atoms with Crippen molar-refractivity contribution in [3.8, 4) is 17.2 Å². The maximum absolute atomic E-state index is 9.88. The standard InChI is InChI=1S/C14H15O3P.C2H6/c15-11-6-2-9(3-7-11)1-4-10-5-8-12(16)14(18)13(10)17;1-2/h2-3,5-8,15-17H,1,4,18H2;1-2H3. The molecule has 0 aliphatic carbocycles. The van der Waals surface area contributed by atoms with Gasteiger partial charge < -0.3 is 15.3 Å². The van der Waals surface area contributed by atoms with Gasteiger partial charge in [-0.15, -0.1) is 0 Å². The topological polar surface area (TPSA) is 60.7 Å². The second kappa shape index (κ2) is 7.76. The van der Waals surface area contributed by atoms with Crippen molar-refractivity contribution in [1.29, 1.82) is 0 Å². The molecule has 3 N–H and O–H groups in total. The summed E-state index contributed by atoms with van der Waals surface area (Å²) in [5, 5.41) is 28.9. The first-order chi connectivity index (χ1) is 9.58. The molecular weight excluding hydrogens is 271 g/mol. The Bertz CT molecular complexity index is 550. The lowest BCUT2D eigenvalue weighted by Crippen LogP contribution is -1.99. The molecule has 2 aromatic rings. The Hall–Kier alpha value is -1.73. The minimum Gasteiger partial charge on any atom is -0.508 e. The first-order valence-electron chi connectivity index (χ1n) is 6.65. The van der Waals surface area contributed by atoms with E-state index in [0.717, 1.165) is 17.5 Å². The zero-order valence-electron chi connectivity index (χ0n) is 11.8. The molecule has 0 aromatic heterocycles. The summed E-state index contributed by atoms with van der Waals surface area (Å²) in [4.78, 5) is 0. The molecule has 0 saturated carbocycles. The van der Waals surface area contributed by atoms with Crippen molar-refractivity contribution in [3.05, 3.63) is 47.5 Å². The third kappa shape index (κ3) is 4.14. The highest BCUT2D eigenvalue weighted by molar-refractivity contribution is 7.28. The number of aromatic hydroxyl groups is 3. The number of phenols is 3. The van der Waals surface area contributed by atoms with Gasteiger partial charge in [0.25, 0.3) is 0 Å². The minimum absolute atomic E-state index is 0.0749. The van der Waals surface area contributed by atoms with Crippen LogP contribution in [0.25, 0.3) is 0 Å². The van der Waals surface area contributed by atoms with E-state index >= 15 is 0 Å². The molecule has 108 valence electrons. The Morgan fingerprint density at radius 1 is 0.850 bits per heavy atom. The van der Waals surface area contributed by atoms with Gasteiger partial charge in [-0.1, -0.05) is 41.3 Å². The van der Waals surface area contributed by atoms with E-state index in [9.17, 15) is 15.3 Å². The molecule has 0 fully saturated rings. The second-order valence-electron chi connectivity index (χ2n) is 4.17. The fourth-order valence-corrected chi connectivity index (χ4v) is 2.07. The van der Waals surface area contributed by atoms with Crippen LogP contribution >= 0.6 is 9.24 Å². The van der Waals surface area contributed by atoms with Crippen molar-refractivity contribution in [2.75, 3.05) is 0 Å². The highest BCUT2D eigenvalue weighted by atomic mass is 31.0. The predicted molar refractivity (Wildman–Crippen MR) is 86.0 cm³/mol. The average molecular weight is 292 g/mol. The van der Waals surface area contributed by atoms with Crippen molar-refractivity contribution in [2.24, 2.45) is 0 Å². The van der Waals surface area contributed by atoms with Gasteiger partial charge in [-0.25, -0.2) is 0 Å². The molecule has 0 saturated heterocycles. The Morgan fingerprint density at radius 3 is 2.05 bits per heavy atom. The van der Waals surface area contributed by atoms with Crippen LogP contribution in [0.5, 0.6) is 17.2 Å². The van der Waals surface area contributed by atoms with Crippen LogP contribution in [0.3, 0.4) is 0 Å². The smallest absolute Gasteiger partial charge is 0.129 e. The van der Waals surface area contributed by atoms with Gasteiger partial charge >= 0.3 is 0 Å². The molecule has 2 rings (SSSR count). The third-order valence-electron chi connectivity index (χ3n) is 2.90. The van der Waals surface area contributed by atoms with E-state index in [4.69, 9.17) is 0 Å². The lowest BCUT2D eigenvalue weighted by Gasteiger charge is -2.08. The van der Waals surface area contributed by atoms with E-state index in [0.29, 0.717) is 11.7 Å². The Kier molecular flexibility index (Phi) is 6.33. The third-order valence-corrected chi connectivity index (χ3v) is 3.47. The summed E-state index contributed by atoms with van der Waals surface area (Å²) >= 11 is 0. The van der Waals surface area contributed by atoms with Gasteiger partial charge in [0.05, 0.1) is 5.30 Å². The lowest BCUT2D eigenvalue weighted by atomic mass is 10.0. The summed E-state index contributed by atoms with van der Waals surface area (Å²) in [5.74, 6) is 0.447. The minimum atomic E-state index is 0.0749. The van der Waals surface area contributed by atoms with E-state index in [1.165, 1.54) is 0 Å². The van der Waals surface area contributed by atoms with Gasteiger partial charge in [0.2, 0.25) is 0 Å². The summed E-state index contributed by atoms with van der Waals surface area (Å²) in [5.41, 5.74) is 1.89. The van der Waals surface area contributed by atoms with Crippen molar-refractivity contribution >= 4 is 14.5 Å². The first kappa shape index (κ1) is 16.3. The quantitative estimate of drug-likeness (QED) is 0.762. The monoisotopic (exact) mass is 292 g/mol. The number of rotatable bonds is 3. The Morgan fingerprint density at radius 2 is 1.45 bits per heavy atom. The second-order valence-corrected chi connectivity index (χ2v) is 4.75. The Labute approximate surface area is 122 Å². The zero-order valence-corrected chi connectivity index (χ0v) is 13.0. The van der Waals surface area contributed by atoms with Crippen LogP contribution in [0.2, 0.25) is 0 Å². The van der Waals surface area contributed by atoms with Crippen molar-refractivity contribution < 1.29 is 15.3 Å². The maximum Gasteiger partial charge on any atom is 0.129 e. The Balaban J connectivity index is 0.000000956. The lowest BCUT2D eigenvalue weighted by molar-refractivity contribution is 0.454. The largest absolute Gasteiger partial charge is 0.508 e. The molecule has 0 amide bonds. The van der Waals surface area contributed by atoms with Crippen molar-refractivity contribution in [2.45, 2.75) is 26.7 Å². The van der Waals surface area contributed by atoms with Crippen LogP contribution in [-0.2, 0) is 12.8 Å². The zero-order chi connectivity index (χ0) is 15.1. The normalized spacial score (nSPS) is 9.75. The van der Waals surface area contributed by atoms with E-state index < -0.39 is 0 Å². The summed E-state index contributed by atoms with van der Waals surface area (Å²) < 4.78 is 0. The van der Waals surface area contributed by atoms with E-state index in [1.54, 1.807) is 24.3 Å². The van der Waals surface area contributed by atoms with Gasteiger partial charge in [0, 0.05) is 0 Å². The molecule has 0 heterocycles. The van der Waals surface area contributed by atoms with Crippen molar-refractivity contribution in [1.82, 2.24) is 0 Å². The van der Waals surface area contributed by atoms with E-state index in [1.807, 2.05) is 26.0 Å². The summed E-state index contributed by atoms with van der Waals surface area (Å²) in [6.07, 6.45) is 1.45. The summed E-state index contributed by atoms with van der Waals surface area (Å²) in [7, 11) is 2.33. The molecule has 20 heavy (non-hydrogen) atoms. The van der Waals surface area contributed by atoms with Gasteiger partial charge in [-0.05, 0) is 42.2 Å². The highest BCUT2D eigenvalue weighted by Gasteiger charge is 2.08. The predicted octanol–water partition coefficient (Wildman–Crippen LogP) is 3.12. The molecule has 2 aromatic carbocycles. The van der Waals surface area contributed by atoms with Gasteiger partial charge in [-0.2, -0.15) is 0 Å². The molecule has 0 bridgehead atoms. The number of benzene rings is 2. The summed E-state index contributed by atoms with van der Waals surface area (Å²) in [6, 6.07) is 10.3. The van der Waals surface area contributed by atoms with E-state index in [2.05, 4.69) is 9.24 Å². The fraction of sp³-hybridized carbons (Fsp3) is 0.250. The highest BCUT2D eigenvalue weighted by Crippen LogP contribution is 2.24. The fourth-order valence-electron chi connectivity index (χ4n) is 1.79. The van der Waals surface area contributed by atoms with Gasteiger partial charge in [0.15, 0.2) is 0 Å². The maximum atomic E-state index is 9.88. The van der Waals surface area contributed by atoms with Gasteiger partial charge in [0.1, 0.15) is 17.2 Å². The molecule has 0 aliphatic rings. The molecule has 0 spiro atoms. The number of aryl methyl sites for hydroxylation is 2. The molecular formula is C16H21O3P. The van der Waals surface area contributed by atoms with Crippen LogP contribution in [0.1, 0.15) is 25.0 Å². The van der Waals surface area contributed by atoms with Crippen LogP contribution in [-0.4, -0.2) is 15.3 Å². The molecule has 1 unspecified atom stereocenters. The van der Waals surface area contributed by atoms with Gasteiger partial charge in [-0.3, -0.25) is 0 Å². The molecule has 1 atom stereocenters. The SMILES string of the molecule is CC.Oc1ccc(CCc2ccc(O)c(P)c2O)cc1. The number of hydrogen-bond acceptors (Lipinski definition) is 3. The number of hydrogen-bond donors (Lipinski definition) is 3. The van der Waals surface area contributed by atoms with Crippen molar-refractivity contribution in [3.63, 3.8) is 0 Å². The molecule has 0 aliphatic heterocycles. The first-order valence-corrected chi connectivity index (χ1v) is 7.23. The van der Waals surface area contributed by atoms with Crippen LogP contribution in [0.15, 0.2) is 36.4 Å². The number of phenolic OH excluding ortho intramolecular Hbond substituents is 3. The van der Waals surface area contributed by atoms with E-state index in [-0.39, 0.29) is 17.2 Å². The molecule has 4 heteroatoms. The van der Waals surface area contributed by atoms with Crippen LogP contribution in [0, 0.1) is 0 Å². The van der Waals surface area contributed by atoms with Crippen LogP contribution in [0.4, 0.5) is 0 Å². The average Bonchev–Trinajstić information content (AvgIpc) is 2.48. The van der Waals surface area contributed by atoms with Crippen LogP contribution < -0.4 is 5.30 Å². The molecule has 0 radical (unpaired) electrons. The molecule has 3 nitrogen and oxygen atoms in total. The summed E-state index contributed by atoms with van der Waals surface area (Å²) in [6.45, 7) is 4.00.